The molecule has 2 aromatic heterocycles. The first-order valence-electron chi connectivity index (χ1n) is 9.87. The smallest absolute Gasteiger partial charge is 0.224 e. The number of aromatic nitrogens is 3. The van der Waals surface area contributed by atoms with Crippen molar-refractivity contribution >= 4 is 17.1 Å². The minimum Gasteiger partial charge on any atom is -0.497 e. The van der Waals surface area contributed by atoms with Crippen LogP contribution in [0.4, 0.5) is 0 Å². The van der Waals surface area contributed by atoms with Gasteiger partial charge in [0.1, 0.15) is 17.1 Å². The Kier molecular flexibility index (Phi) is 5.75. The number of pyridine rings is 1. The van der Waals surface area contributed by atoms with Gasteiger partial charge < -0.3 is 14.6 Å². The minimum atomic E-state index is -0.0309. The zero-order chi connectivity index (χ0) is 20.9. The van der Waals surface area contributed by atoms with Crippen LogP contribution in [0.3, 0.4) is 0 Å². The fraction of sp³-hybridized carbons (Fsp3) is 0.208. The highest BCUT2D eigenvalue weighted by molar-refractivity contribution is 5.78. The van der Waals surface area contributed by atoms with Crippen molar-refractivity contribution in [1.82, 2.24) is 19.9 Å². The highest BCUT2D eigenvalue weighted by Crippen LogP contribution is 2.18. The summed E-state index contributed by atoms with van der Waals surface area (Å²) in [4.78, 5) is 21.7. The van der Waals surface area contributed by atoms with Gasteiger partial charge in [-0.05, 0) is 42.3 Å². The molecule has 0 fully saturated rings. The van der Waals surface area contributed by atoms with E-state index < -0.39 is 0 Å². The topological polar surface area (TPSA) is 69.0 Å². The lowest BCUT2D eigenvalue weighted by atomic mass is 10.1. The van der Waals surface area contributed by atoms with Crippen molar-refractivity contribution in [1.29, 1.82) is 0 Å². The fourth-order valence-electron chi connectivity index (χ4n) is 3.47. The maximum atomic E-state index is 12.5. The minimum absolute atomic E-state index is 0.0309. The molecule has 0 aliphatic rings. The highest BCUT2D eigenvalue weighted by atomic mass is 16.5. The van der Waals surface area contributed by atoms with E-state index >= 15 is 0 Å². The standard InChI is InChI=1S/C24H24N4O2/c1-17-5-3-6-19(13-17)14-23(29)26-15-22-27-21-7-4-12-25-24(21)28(22)16-18-8-10-20(30-2)11-9-18/h3-13H,14-16H2,1-2H3,(H,26,29). The molecule has 1 N–H and O–H groups in total. The molecule has 0 aliphatic heterocycles. The van der Waals surface area contributed by atoms with E-state index in [0.717, 1.165) is 39.4 Å². The monoisotopic (exact) mass is 400 g/mol. The highest BCUT2D eigenvalue weighted by Gasteiger charge is 2.13. The van der Waals surface area contributed by atoms with E-state index in [2.05, 4.69) is 10.3 Å². The lowest BCUT2D eigenvalue weighted by molar-refractivity contribution is -0.120. The predicted molar refractivity (Wildman–Crippen MR) is 116 cm³/mol. The number of methoxy groups -OCH3 is 1. The molecule has 1 amide bonds. The largest absolute Gasteiger partial charge is 0.497 e. The number of nitrogens with zero attached hydrogens (tertiary/aromatic N) is 3. The summed E-state index contributed by atoms with van der Waals surface area (Å²) in [6, 6.07) is 19.7. The van der Waals surface area contributed by atoms with E-state index in [1.54, 1.807) is 13.3 Å². The molecule has 0 radical (unpaired) electrons. The summed E-state index contributed by atoms with van der Waals surface area (Å²) >= 11 is 0. The van der Waals surface area contributed by atoms with E-state index in [1.807, 2.05) is 72.2 Å². The quantitative estimate of drug-likeness (QED) is 0.514. The third kappa shape index (κ3) is 4.49. The second-order valence-corrected chi connectivity index (χ2v) is 7.25. The van der Waals surface area contributed by atoms with Gasteiger partial charge in [-0.15, -0.1) is 0 Å². The molecule has 4 rings (SSSR count). The number of rotatable bonds is 7. The van der Waals surface area contributed by atoms with Crippen LogP contribution in [-0.2, 0) is 24.3 Å². The Bertz CT molecular complexity index is 1170. The van der Waals surface area contributed by atoms with Gasteiger partial charge in [0.25, 0.3) is 0 Å². The number of imidazole rings is 1. The Morgan fingerprint density at radius 3 is 2.67 bits per heavy atom. The Morgan fingerprint density at radius 2 is 1.90 bits per heavy atom. The van der Waals surface area contributed by atoms with Crippen molar-refractivity contribution in [3.8, 4) is 5.75 Å². The van der Waals surface area contributed by atoms with Crippen molar-refractivity contribution in [2.45, 2.75) is 26.4 Å². The summed E-state index contributed by atoms with van der Waals surface area (Å²) in [5.41, 5.74) is 4.87. The van der Waals surface area contributed by atoms with Crippen molar-refractivity contribution in [2.24, 2.45) is 0 Å². The first-order chi connectivity index (χ1) is 14.6. The van der Waals surface area contributed by atoms with Crippen LogP contribution in [0, 0.1) is 6.92 Å². The maximum Gasteiger partial charge on any atom is 0.224 e. The molecular formula is C24H24N4O2. The molecule has 6 heteroatoms. The van der Waals surface area contributed by atoms with Crippen LogP contribution in [0.25, 0.3) is 11.2 Å². The van der Waals surface area contributed by atoms with Crippen LogP contribution in [0.2, 0.25) is 0 Å². The summed E-state index contributed by atoms with van der Waals surface area (Å²) in [6.45, 7) is 2.98. The summed E-state index contributed by atoms with van der Waals surface area (Å²) < 4.78 is 7.29. The van der Waals surface area contributed by atoms with Gasteiger partial charge in [-0.2, -0.15) is 0 Å². The summed E-state index contributed by atoms with van der Waals surface area (Å²) in [5, 5.41) is 3.00. The number of benzene rings is 2. The van der Waals surface area contributed by atoms with Gasteiger partial charge in [-0.3, -0.25) is 4.79 Å². The maximum absolute atomic E-state index is 12.5. The third-order valence-corrected chi connectivity index (χ3v) is 4.97. The number of hydrogen-bond acceptors (Lipinski definition) is 4. The number of carbonyl (C=O) groups excluding carboxylic acids is 1. The average Bonchev–Trinajstić information content (AvgIpc) is 3.10. The van der Waals surface area contributed by atoms with E-state index in [1.165, 1.54) is 0 Å². The molecule has 0 unspecified atom stereocenters. The molecule has 30 heavy (non-hydrogen) atoms. The number of nitrogens with one attached hydrogen (secondary N) is 1. The fourth-order valence-corrected chi connectivity index (χ4v) is 3.47. The van der Waals surface area contributed by atoms with Gasteiger partial charge in [0.2, 0.25) is 5.91 Å². The van der Waals surface area contributed by atoms with Gasteiger partial charge >= 0.3 is 0 Å². The lowest BCUT2D eigenvalue weighted by Gasteiger charge is -2.11. The number of hydrogen-bond donors (Lipinski definition) is 1. The molecule has 6 nitrogen and oxygen atoms in total. The van der Waals surface area contributed by atoms with Crippen molar-refractivity contribution in [3.05, 3.63) is 89.4 Å². The third-order valence-electron chi connectivity index (χ3n) is 4.97. The zero-order valence-electron chi connectivity index (χ0n) is 17.1. The average molecular weight is 400 g/mol. The normalized spacial score (nSPS) is 10.9. The van der Waals surface area contributed by atoms with Gasteiger partial charge in [-0.25, -0.2) is 9.97 Å². The first-order valence-corrected chi connectivity index (χ1v) is 9.87. The van der Waals surface area contributed by atoms with E-state index in [4.69, 9.17) is 9.72 Å². The van der Waals surface area contributed by atoms with E-state index in [9.17, 15) is 4.79 Å². The van der Waals surface area contributed by atoms with E-state index in [0.29, 0.717) is 19.5 Å². The van der Waals surface area contributed by atoms with Gasteiger partial charge in [-0.1, -0.05) is 42.0 Å². The van der Waals surface area contributed by atoms with Crippen LogP contribution in [0.15, 0.2) is 66.9 Å². The molecule has 0 spiro atoms. The second kappa shape index (κ2) is 8.78. The lowest BCUT2D eigenvalue weighted by Crippen LogP contribution is -2.26. The Hall–Kier alpha value is -3.67. The first kappa shape index (κ1) is 19.6. The van der Waals surface area contributed by atoms with Crippen LogP contribution >= 0.6 is 0 Å². The second-order valence-electron chi connectivity index (χ2n) is 7.25. The number of ether oxygens (including phenoxy) is 1. The van der Waals surface area contributed by atoms with E-state index in [-0.39, 0.29) is 5.91 Å². The summed E-state index contributed by atoms with van der Waals surface area (Å²) in [6.07, 6.45) is 2.10. The number of amides is 1. The zero-order valence-corrected chi connectivity index (χ0v) is 17.1. The Labute approximate surface area is 175 Å². The van der Waals surface area contributed by atoms with Crippen molar-refractivity contribution < 1.29 is 9.53 Å². The Balaban J connectivity index is 1.52. The van der Waals surface area contributed by atoms with Crippen LogP contribution in [0.5, 0.6) is 5.75 Å². The molecule has 2 heterocycles. The number of fused-ring (bicyclic) bond motifs is 1. The molecule has 0 saturated carbocycles. The van der Waals surface area contributed by atoms with Gasteiger partial charge in [0.15, 0.2) is 5.65 Å². The number of carbonyl (C=O) groups is 1. The SMILES string of the molecule is COc1ccc(Cn2c(CNC(=O)Cc3cccc(C)c3)nc3cccnc32)cc1. The molecule has 2 aromatic carbocycles. The number of aryl methyl sites for hydroxylation is 1. The Morgan fingerprint density at radius 1 is 1.07 bits per heavy atom. The molecule has 0 saturated heterocycles. The summed E-state index contributed by atoms with van der Waals surface area (Å²) in [5.74, 6) is 1.56. The van der Waals surface area contributed by atoms with Crippen LogP contribution < -0.4 is 10.1 Å². The van der Waals surface area contributed by atoms with Crippen molar-refractivity contribution in [3.63, 3.8) is 0 Å². The van der Waals surface area contributed by atoms with Gasteiger partial charge in [0.05, 0.1) is 26.6 Å². The van der Waals surface area contributed by atoms with Crippen molar-refractivity contribution in [2.75, 3.05) is 7.11 Å². The molecule has 4 aromatic rings. The summed E-state index contributed by atoms with van der Waals surface area (Å²) in [7, 11) is 1.65. The van der Waals surface area contributed by atoms with Gasteiger partial charge in [0, 0.05) is 6.20 Å². The van der Waals surface area contributed by atoms with Crippen LogP contribution in [-0.4, -0.2) is 27.6 Å². The van der Waals surface area contributed by atoms with Crippen LogP contribution in [0.1, 0.15) is 22.5 Å². The molecule has 152 valence electrons. The molecule has 0 aliphatic carbocycles. The predicted octanol–water partition coefficient (Wildman–Crippen LogP) is 3.66. The molecule has 0 atom stereocenters. The molecular weight excluding hydrogens is 376 g/mol. The molecule has 0 bridgehead atoms.